The van der Waals surface area contributed by atoms with Crippen LogP contribution in [-0.2, 0) is 11.0 Å². The third-order valence-corrected chi connectivity index (χ3v) is 3.57. The van der Waals surface area contributed by atoms with Crippen LogP contribution in [0.15, 0.2) is 29.7 Å². The van der Waals surface area contributed by atoms with E-state index < -0.39 is 11.9 Å². The second kappa shape index (κ2) is 5.58. The highest BCUT2D eigenvalue weighted by molar-refractivity contribution is 7.17. The van der Waals surface area contributed by atoms with Crippen LogP contribution in [0.2, 0.25) is 0 Å². The molecule has 0 atom stereocenters. The summed E-state index contributed by atoms with van der Waals surface area (Å²) in [6.07, 6.45) is -1.54. The average Bonchev–Trinajstić information content (AvgIpc) is 2.85. The minimum Gasteiger partial charge on any atom is -0.399 e. The van der Waals surface area contributed by atoms with Crippen LogP contribution in [0.4, 0.5) is 13.2 Å². The average molecular weight is 301 g/mol. The van der Waals surface area contributed by atoms with Crippen LogP contribution in [0.3, 0.4) is 0 Å². The minimum absolute atomic E-state index is 0.0572. The van der Waals surface area contributed by atoms with Crippen LogP contribution >= 0.6 is 11.3 Å². The summed E-state index contributed by atoms with van der Waals surface area (Å²) >= 11 is 0.906. The molecule has 0 amide bonds. The quantitative estimate of drug-likeness (QED) is 0.643. The SMILES string of the molecule is CON=C(C)c1sc(-c2cccnc2)nc1C(F)(F)F. The van der Waals surface area contributed by atoms with Gasteiger partial charge < -0.3 is 4.84 Å². The van der Waals surface area contributed by atoms with Gasteiger partial charge in [0.25, 0.3) is 0 Å². The second-order valence-electron chi connectivity index (χ2n) is 3.80. The van der Waals surface area contributed by atoms with Crippen molar-refractivity contribution in [1.29, 1.82) is 0 Å². The van der Waals surface area contributed by atoms with E-state index in [1.165, 1.54) is 20.2 Å². The predicted molar refractivity (Wildman–Crippen MR) is 69.6 cm³/mol. The summed E-state index contributed by atoms with van der Waals surface area (Å²) in [5, 5.41) is 3.79. The Bertz CT molecular complexity index is 623. The van der Waals surface area contributed by atoms with E-state index in [4.69, 9.17) is 0 Å². The Hall–Kier alpha value is -1.96. The molecule has 0 aromatic carbocycles. The van der Waals surface area contributed by atoms with Crippen LogP contribution in [0.1, 0.15) is 17.5 Å². The summed E-state index contributed by atoms with van der Waals surface area (Å²) in [5.74, 6) is 0. The molecular weight excluding hydrogens is 291 g/mol. The maximum Gasteiger partial charge on any atom is 0.434 e. The molecular formula is C12H10F3N3OS. The number of hydrogen-bond acceptors (Lipinski definition) is 5. The van der Waals surface area contributed by atoms with E-state index in [0.717, 1.165) is 11.3 Å². The minimum atomic E-state index is -4.54. The van der Waals surface area contributed by atoms with Gasteiger partial charge in [-0.25, -0.2) is 4.98 Å². The second-order valence-corrected chi connectivity index (χ2v) is 4.79. The van der Waals surface area contributed by atoms with Gasteiger partial charge in [-0.2, -0.15) is 13.2 Å². The van der Waals surface area contributed by atoms with Crippen molar-refractivity contribution in [2.24, 2.45) is 5.16 Å². The molecule has 4 nitrogen and oxygen atoms in total. The molecule has 0 spiro atoms. The molecule has 0 saturated carbocycles. The molecule has 2 aromatic rings. The van der Waals surface area contributed by atoms with Crippen LogP contribution in [0, 0.1) is 0 Å². The Morgan fingerprint density at radius 3 is 2.70 bits per heavy atom. The van der Waals surface area contributed by atoms with Gasteiger partial charge in [0, 0.05) is 18.0 Å². The molecule has 2 rings (SSSR count). The number of alkyl halides is 3. The Morgan fingerprint density at radius 1 is 1.40 bits per heavy atom. The monoisotopic (exact) mass is 301 g/mol. The zero-order valence-electron chi connectivity index (χ0n) is 10.6. The Balaban J connectivity index is 2.56. The number of thiazole rings is 1. The molecule has 0 fully saturated rings. The molecule has 0 bridgehead atoms. The first-order valence-corrected chi connectivity index (χ1v) is 6.31. The number of halogens is 3. The van der Waals surface area contributed by atoms with E-state index in [0.29, 0.717) is 5.56 Å². The molecule has 20 heavy (non-hydrogen) atoms. The smallest absolute Gasteiger partial charge is 0.399 e. The summed E-state index contributed by atoms with van der Waals surface area (Å²) in [7, 11) is 1.28. The normalized spacial score (nSPS) is 12.6. The van der Waals surface area contributed by atoms with Crippen molar-refractivity contribution in [2.75, 3.05) is 7.11 Å². The van der Waals surface area contributed by atoms with Crippen LogP contribution in [0.25, 0.3) is 10.6 Å². The van der Waals surface area contributed by atoms with E-state index in [-0.39, 0.29) is 15.6 Å². The standard InChI is InChI=1S/C12H10F3N3OS/c1-7(18-19-2)9-10(12(13,14)15)17-11(20-9)8-4-3-5-16-6-8/h3-6H,1-2H3. The lowest BCUT2D eigenvalue weighted by Gasteiger charge is -2.04. The maximum atomic E-state index is 13.0. The van der Waals surface area contributed by atoms with Crippen molar-refractivity contribution >= 4 is 17.0 Å². The third-order valence-electron chi connectivity index (χ3n) is 2.36. The van der Waals surface area contributed by atoms with Crippen molar-refractivity contribution in [1.82, 2.24) is 9.97 Å². The fourth-order valence-corrected chi connectivity index (χ4v) is 2.56. The maximum absolute atomic E-state index is 13.0. The van der Waals surface area contributed by atoms with Gasteiger partial charge in [0.1, 0.15) is 12.1 Å². The van der Waals surface area contributed by atoms with Gasteiger partial charge in [-0.15, -0.1) is 11.3 Å². The van der Waals surface area contributed by atoms with Gasteiger partial charge in [0.15, 0.2) is 5.69 Å². The predicted octanol–water partition coefficient (Wildman–Crippen LogP) is 3.59. The number of nitrogens with zero attached hydrogens (tertiary/aromatic N) is 3. The Kier molecular flexibility index (Phi) is 4.03. The molecule has 0 saturated heterocycles. The van der Waals surface area contributed by atoms with Gasteiger partial charge in [-0.1, -0.05) is 5.16 Å². The summed E-state index contributed by atoms with van der Waals surface area (Å²) in [6.45, 7) is 1.44. The summed E-state index contributed by atoms with van der Waals surface area (Å²) in [5.41, 5.74) is -0.299. The van der Waals surface area contributed by atoms with Crippen LogP contribution < -0.4 is 0 Å². The largest absolute Gasteiger partial charge is 0.434 e. The molecule has 0 aliphatic carbocycles. The highest BCUT2D eigenvalue weighted by Crippen LogP contribution is 2.37. The van der Waals surface area contributed by atoms with Gasteiger partial charge in [0.05, 0.1) is 10.6 Å². The molecule has 0 N–H and O–H groups in total. The molecule has 2 heterocycles. The zero-order valence-corrected chi connectivity index (χ0v) is 11.4. The Morgan fingerprint density at radius 2 is 2.15 bits per heavy atom. The van der Waals surface area contributed by atoms with E-state index in [1.807, 2.05) is 0 Å². The van der Waals surface area contributed by atoms with Crippen molar-refractivity contribution in [3.63, 3.8) is 0 Å². The van der Waals surface area contributed by atoms with Gasteiger partial charge in [0.2, 0.25) is 0 Å². The van der Waals surface area contributed by atoms with Crippen molar-refractivity contribution in [2.45, 2.75) is 13.1 Å². The fraction of sp³-hybridized carbons (Fsp3) is 0.250. The lowest BCUT2D eigenvalue weighted by molar-refractivity contribution is -0.140. The van der Waals surface area contributed by atoms with E-state index >= 15 is 0 Å². The number of pyridine rings is 1. The molecule has 2 aromatic heterocycles. The highest BCUT2D eigenvalue weighted by Gasteiger charge is 2.38. The van der Waals surface area contributed by atoms with Crippen LogP contribution in [-0.4, -0.2) is 22.8 Å². The van der Waals surface area contributed by atoms with E-state index in [1.54, 1.807) is 18.3 Å². The zero-order chi connectivity index (χ0) is 14.8. The summed E-state index contributed by atoms with van der Waals surface area (Å²) < 4.78 is 39.0. The van der Waals surface area contributed by atoms with Crippen molar-refractivity contribution in [3.05, 3.63) is 35.1 Å². The first kappa shape index (κ1) is 14.4. The lowest BCUT2D eigenvalue weighted by atomic mass is 10.2. The number of hydrogen-bond donors (Lipinski definition) is 0. The van der Waals surface area contributed by atoms with E-state index in [9.17, 15) is 13.2 Å². The molecule has 0 aliphatic rings. The molecule has 0 unspecified atom stereocenters. The molecule has 106 valence electrons. The molecule has 8 heteroatoms. The summed E-state index contributed by atoms with van der Waals surface area (Å²) in [6, 6.07) is 3.29. The summed E-state index contributed by atoms with van der Waals surface area (Å²) in [4.78, 5) is 12.0. The highest BCUT2D eigenvalue weighted by atomic mass is 32.1. The van der Waals surface area contributed by atoms with Crippen molar-refractivity contribution < 1.29 is 18.0 Å². The first-order valence-electron chi connectivity index (χ1n) is 5.50. The lowest BCUT2D eigenvalue weighted by Crippen LogP contribution is -2.11. The van der Waals surface area contributed by atoms with Gasteiger partial charge in [-0.05, 0) is 19.1 Å². The topological polar surface area (TPSA) is 47.4 Å². The van der Waals surface area contributed by atoms with Crippen LogP contribution in [0.5, 0.6) is 0 Å². The van der Waals surface area contributed by atoms with E-state index in [2.05, 4.69) is 20.0 Å². The number of oxime groups is 1. The van der Waals surface area contributed by atoms with Gasteiger partial charge in [-0.3, -0.25) is 4.98 Å². The first-order chi connectivity index (χ1) is 9.43. The van der Waals surface area contributed by atoms with Gasteiger partial charge >= 0.3 is 6.18 Å². The molecule has 0 aliphatic heterocycles. The third kappa shape index (κ3) is 2.96. The Labute approximate surface area is 116 Å². The van der Waals surface area contributed by atoms with Crippen molar-refractivity contribution in [3.8, 4) is 10.6 Å². The fourth-order valence-electron chi connectivity index (χ4n) is 1.55. The number of aromatic nitrogens is 2. The molecule has 0 radical (unpaired) electrons. The number of rotatable bonds is 3.